The van der Waals surface area contributed by atoms with Gasteiger partial charge < -0.3 is 58.3 Å². The van der Waals surface area contributed by atoms with Crippen molar-refractivity contribution < 1.29 is 58.3 Å². The quantitative estimate of drug-likeness (QED) is 0.393. The largest absolute Gasteiger partial charge is 0.387 e. The van der Waals surface area contributed by atoms with Gasteiger partial charge in [0, 0.05) is 25.3 Å². The van der Waals surface area contributed by atoms with Crippen molar-refractivity contribution in [3.05, 3.63) is 35.4 Å². The van der Waals surface area contributed by atoms with Gasteiger partial charge in [-0.3, -0.25) is 0 Å². The van der Waals surface area contributed by atoms with Gasteiger partial charge in [0.2, 0.25) is 0 Å². The van der Waals surface area contributed by atoms with Crippen molar-refractivity contribution in [3.63, 3.8) is 0 Å². The summed E-state index contributed by atoms with van der Waals surface area (Å²) in [5, 5.41) is 42.6. The number of aliphatic hydroxyl groups excluding tert-OH is 4. The number of benzene rings is 1. The van der Waals surface area contributed by atoms with Crippen LogP contribution < -0.4 is 0 Å². The monoisotopic (exact) mass is 486 g/mol. The number of methoxy groups -OCH3 is 2. The van der Waals surface area contributed by atoms with E-state index >= 15 is 0 Å². The highest BCUT2D eigenvalue weighted by atomic mass is 16.8. The second-order valence-corrected chi connectivity index (χ2v) is 8.72. The molecule has 6 aliphatic rings. The van der Waals surface area contributed by atoms with E-state index in [4.69, 9.17) is 37.9 Å². The second-order valence-electron chi connectivity index (χ2n) is 8.72. The van der Waals surface area contributed by atoms with E-state index in [1.807, 2.05) is 0 Å². The van der Waals surface area contributed by atoms with Crippen molar-refractivity contribution in [2.24, 2.45) is 0 Å². The molecule has 0 saturated carbocycles. The van der Waals surface area contributed by atoms with Gasteiger partial charge in [-0.2, -0.15) is 0 Å². The smallest absolute Gasteiger partial charge is 0.186 e. The van der Waals surface area contributed by atoms with Crippen molar-refractivity contribution in [2.75, 3.05) is 27.4 Å². The second kappa shape index (κ2) is 10.0. The van der Waals surface area contributed by atoms with Crippen LogP contribution in [0.2, 0.25) is 0 Å². The lowest BCUT2D eigenvalue weighted by atomic mass is 9.98. The van der Waals surface area contributed by atoms with E-state index in [2.05, 4.69) is 0 Å². The van der Waals surface area contributed by atoms with Gasteiger partial charge in [-0.25, -0.2) is 0 Å². The lowest BCUT2D eigenvalue weighted by Crippen LogP contribution is -2.62. The van der Waals surface area contributed by atoms with Crippen LogP contribution in [-0.4, -0.2) is 109 Å². The topological polar surface area (TPSA) is 155 Å². The molecule has 190 valence electrons. The van der Waals surface area contributed by atoms with Gasteiger partial charge >= 0.3 is 0 Å². The molecule has 12 nitrogen and oxygen atoms in total. The third-order valence-corrected chi connectivity index (χ3v) is 6.61. The molecule has 0 radical (unpaired) electrons. The summed E-state index contributed by atoms with van der Waals surface area (Å²) in [6.45, 7) is -0.105. The molecule has 0 aliphatic carbocycles. The Hall–Kier alpha value is -1.26. The van der Waals surface area contributed by atoms with Crippen LogP contribution in [0.15, 0.2) is 24.3 Å². The van der Waals surface area contributed by atoms with Gasteiger partial charge in [-0.05, 0) is 0 Å². The van der Waals surface area contributed by atoms with E-state index in [1.165, 1.54) is 14.2 Å². The van der Waals surface area contributed by atoms with Crippen molar-refractivity contribution in [3.8, 4) is 0 Å². The van der Waals surface area contributed by atoms with Crippen molar-refractivity contribution >= 4 is 0 Å². The molecule has 0 aromatic heterocycles. The fourth-order valence-electron chi connectivity index (χ4n) is 4.70. The highest BCUT2D eigenvalue weighted by Gasteiger charge is 2.50. The third-order valence-electron chi connectivity index (χ3n) is 6.61. The van der Waals surface area contributed by atoms with E-state index in [0.717, 1.165) is 0 Å². The van der Waals surface area contributed by atoms with E-state index in [-0.39, 0.29) is 13.2 Å². The van der Waals surface area contributed by atoms with Crippen LogP contribution in [-0.2, 0) is 37.9 Å². The summed E-state index contributed by atoms with van der Waals surface area (Å²) in [6, 6.07) is 7.07. The molecule has 6 heterocycles. The lowest BCUT2D eigenvalue weighted by molar-refractivity contribution is -0.363. The molecular weight excluding hydrogens is 456 g/mol. The maximum absolute atomic E-state index is 10.9. The molecule has 2 saturated heterocycles. The van der Waals surface area contributed by atoms with E-state index in [0.29, 0.717) is 11.1 Å². The summed E-state index contributed by atoms with van der Waals surface area (Å²) in [6.07, 6.45) is -13.6. The van der Waals surface area contributed by atoms with Gasteiger partial charge in [-0.15, -0.1) is 0 Å². The molecule has 4 bridgehead atoms. The van der Waals surface area contributed by atoms with Gasteiger partial charge in [0.15, 0.2) is 25.2 Å². The summed E-state index contributed by atoms with van der Waals surface area (Å²) in [5.41, 5.74) is 1.27. The van der Waals surface area contributed by atoms with Crippen molar-refractivity contribution in [2.45, 2.75) is 74.0 Å². The summed E-state index contributed by atoms with van der Waals surface area (Å²) < 4.78 is 46.3. The normalized spacial score (nSPS) is 47.0. The molecule has 7 rings (SSSR count). The number of rotatable bonds is 2. The molecule has 0 spiro atoms. The fourth-order valence-corrected chi connectivity index (χ4v) is 4.70. The van der Waals surface area contributed by atoms with Crippen LogP contribution in [0.3, 0.4) is 0 Å². The van der Waals surface area contributed by atoms with Crippen LogP contribution in [0.5, 0.6) is 0 Å². The number of hydrogen-bond acceptors (Lipinski definition) is 12. The predicted molar refractivity (Wildman–Crippen MR) is 109 cm³/mol. The minimum Gasteiger partial charge on any atom is -0.387 e. The Bertz CT molecular complexity index is 779. The maximum Gasteiger partial charge on any atom is 0.186 e. The molecule has 10 atom stereocenters. The summed E-state index contributed by atoms with van der Waals surface area (Å²) in [7, 11) is 2.71. The Morgan fingerprint density at radius 2 is 1.03 bits per heavy atom. The van der Waals surface area contributed by atoms with E-state index in [9.17, 15) is 20.4 Å². The molecule has 6 aliphatic heterocycles. The van der Waals surface area contributed by atoms with Gasteiger partial charge in [-0.1, -0.05) is 24.3 Å². The van der Waals surface area contributed by atoms with Crippen LogP contribution in [0.4, 0.5) is 0 Å². The summed E-state index contributed by atoms with van der Waals surface area (Å²) >= 11 is 0. The highest BCUT2D eigenvalue weighted by molar-refractivity contribution is 5.25. The first kappa shape index (κ1) is 24.4. The van der Waals surface area contributed by atoms with Crippen molar-refractivity contribution in [1.29, 1.82) is 0 Å². The highest BCUT2D eigenvalue weighted by Crippen LogP contribution is 2.37. The molecule has 2 fully saturated rings. The fraction of sp³-hybridized carbons (Fsp3) is 0.727. The summed E-state index contributed by atoms with van der Waals surface area (Å²) in [5.74, 6) is 0. The number of hydrogen-bond donors (Lipinski definition) is 4. The Labute approximate surface area is 195 Å². The number of aliphatic hydroxyl groups is 4. The standard InChI is InChI=1S/C22H30O12/c1-27-21-15(25)13(23)17-11(31-21)7-29-19-9-3-5-10(6-4-9)20(33-17)34-18-12(8-30-19)32-22(28-2)16(26)14(18)24/h3-6,11-26H,7-8H2,1-2H3/t11-,12-,13-,14-,15-,16-,17-,18-,19?,20?,21+,22+/m1/s1. The molecular formula is C22H30O12. The Morgan fingerprint density at radius 3 is 1.44 bits per heavy atom. The minimum absolute atomic E-state index is 0.0524. The number of ether oxygens (including phenoxy) is 8. The van der Waals surface area contributed by atoms with Crippen molar-refractivity contribution in [1.82, 2.24) is 0 Å². The summed E-state index contributed by atoms with van der Waals surface area (Å²) in [4.78, 5) is 0. The zero-order valence-electron chi connectivity index (χ0n) is 18.7. The Kier molecular flexibility index (Phi) is 7.19. The zero-order valence-corrected chi connectivity index (χ0v) is 18.7. The van der Waals surface area contributed by atoms with E-state index < -0.39 is 74.0 Å². The molecule has 1 aromatic carbocycles. The Balaban J connectivity index is 1.53. The van der Waals surface area contributed by atoms with Gasteiger partial charge in [0.25, 0.3) is 0 Å². The Morgan fingerprint density at radius 1 is 0.618 bits per heavy atom. The van der Waals surface area contributed by atoms with Crippen LogP contribution in [0, 0.1) is 0 Å². The van der Waals surface area contributed by atoms with Crippen LogP contribution >= 0.6 is 0 Å². The van der Waals surface area contributed by atoms with Gasteiger partial charge in [0.1, 0.15) is 48.8 Å². The molecule has 4 N–H and O–H groups in total. The predicted octanol–water partition coefficient (Wildman–Crippen LogP) is -1.30. The third kappa shape index (κ3) is 4.39. The first-order valence-corrected chi connectivity index (χ1v) is 11.1. The molecule has 12 heteroatoms. The lowest BCUT2D eigenvalue weighted by Gasteiger charge is -2.46. The average molecular weight is 486 g/mol. The average Bonchev–Trinajstić information content (AvgIpc) is 2.92. The maximum atomic E-state index is 10.9. The zero-order chi connectivity index (χ0) is 24.0. The number of fused-ring (bicyclic) bond motifs is 2. The SMILES string of the molecule is CO[C@H]1O[C@@H]2COC3OC[C@H]4O[C@H](OC)[C@H](O)[C@@H](O)[C@@H]4OC(O[C@H]2[C@H](O)[C@H]1O)c1ccc3cc1. The van der Waals surface area contributed by atoms with E-state index in [1.54, 1.807) is 24.3 Å². The first-order chi connectivity index (χ1) is 16.4. The van der Waals surface area contributed by atoms with Crippen LogP contribution in [0.1, 0.15) is 23.7 Å². The first-order valence-electron chi connectivity index (χ1n) is 11.1. The molecule has 0 amide bonds. The van der Waals surface area contributed by atoms with Crippen LogP contribution in [0.25, 0.3) is 0 Å². The molecule has 34 heavy (non-hydrogen) atoms. The molecule has 0 unspecified atom stereocenters. The minimum atomic E-state index is -1.40. The molecule has 1 aromatic rings. The van der Waals surface area contributed by atoms with Gasteiger partial charge in [0.05, 0.1) is 13.2 Å².